The molecule has 7 heteroatoms. The largest absolute Gasteiger partial charge is 0.478 e. The first-order valence-electron chi connectivity index (χ1n) is 5.43. The van der Waals surface area contributed by atoms with E-state index < -0.39 is 28.9 Å². The molecule has 0 spiro atoms. The summed E-state index contributed by atoms with van der Waals surface area (Å²) >= 11 is 5.62. The molecule has 0 amide bonds. The number of benzene rings is 2. The Morgan fingerprint density at radius 1 is 1.15 bits per heavy atom. The molecule has 0 aliphatic rings. The van der Waals surface area contributed by atoms with Gasteiger partial charge in [-0.25, -0.2) is 13.6 Å². The minimum Gasteiger partial charge on any atom is -0.478 e. The van der Waals surface area contributed by atoms with E-state index in [0.29, 0.717) is 0 Å². The first-order chi connectivity index (χ1) is 9.40. The monoisotopic (exact) mass is 298 g/mol. The van der Waals surface area contributed by atoms with Crippen LogP contribution in [0, 0.1) is 11.6 Å². The summed E-state index contributed by atoms with van der Waals surface area (Å²) < 4.78 is 26.9. The zero-order chi connectivity index (χ0) is 14.9. The standard InChI is InChI=1S/C13H9ClF2N2O2/c14-6-1-3-9(8(16)5-6)18-10-4-2-7(15)12(17)11(10)13(19)20/h1-5,18H,17H2,(H,19,20). The van der Waals surface area contributed by atoms with Crippen molar-refractivity contribution >= 4 is 34.6 Å². The summed E-state index contributed by atoms with van der Waals surface area (Å²) in [5, 5.41) is 11.8. The molecule has 0 fully saturated rings. The fraction of sp³-hybridized carbons (Fsp3) is 0. The number of rotatable bonds is 3. The first kappa shape index (κ1) is 14.1. The molecule has 0 saturated heterocycles. The lowest BCUT2D eigenvalue weighted by atomic mass is 10.1. The van der Waals surface area contributed by atoms with Gasteiger partial charge in [0, 0.05) is 5.02 Å². The van der Waals surface area contributed by atoms with Gasteiger partial charge in [0.2, 0.25) is 0 Å². The molecule has 20 heavy (non-hydrogen) atoms. The van der Waals surface area contributed by atoms with Crippen LogP contribution in [0.1, 0.15) is 10.4 Å². The van der Waals surface area contributed by atoms with Gasteiger partial charge in [0.05, 0.1) is 17.1 Å². The van der Waals surface area contributed by atoms with Gasteiger partial charge in [0.1, 0.15) is 17.2 Å². The lowest BCUT2D eigenvalue weighted by Crippen LogP contribution is -2.09. The van der Waals surface area contributed by atoms with Crippen molar-refractivity contribution in [2.45, 2.75) is 0 Å². The van der Waals surface area contributed by atoms with E-state index in [9.17, 15) is 13.6 Å². The Balaban J connectivity index is 2.48. The third-order valence-corrected chi connectivity index (χ3v) is 2.84. The summed E-state index contributed by atoms with van der Waals surface area (Å²) in [6.45, 7) is 0. The summed E-state index contributed by atoms with van der Waals surface area (Å²) in [7, 11) is 0. The SMILES string of the molecule is Nc1c(F)ccc(Nc2ccc(Cl)cc2F)c1C(=O)O. The van der Waals surface area contributed by atoms with E-state index in [0.717, 1.165) is 12.1 Å². The molecule has 4 N–H and O–H groups in total. The molecule has 0 bridgehead atoms. The van der Waals surface area contributed by atoms with Crippen molar-refractivity contribution in [3.8, 4) is 0 Å². The summed E-state index contributed by atoms with van der Waals surface area (Å²) in [6, 6.07) is 6.00. The first-order valence-corrected chi connectivity index (χ1v) is 5.81. The van der Waals surface area contributed by atoms with Gasteiger partial charge in [0.15, 0.2) is 0 Å². The Bertz CT molecular complexity index is 692. The molecule has 0 aliphatic heterocycles. The van der Waals surface area contributed by atoms with Crippen molar-refractivity contribution in [1.82, 2.24) is 0 Å². The molecular weight excluding hydrogens is 290 g/mol. The zero-order valence-electron chi connectivity index (χ0n) is 9.95. The normalized spacial score (nSPS) is 10.3. The molecule has 104 valence electrons. The number of carbonyl (C=O) groups is 1. The maximum Gasteiger partial charge on any atom is 0.340 e. The molecule has 0 saturated carbocycles. The second-order valence-corrected chi connectivity index (χ2v) is 4.37. The van der Waals surface area contributed by atoms with Crippen LogP contribution in [0.15, 0.2) is 30.3 Å². The number of nitrogens with two attached hydrogens (primary N) is 1. The molecule has 0 aliphatic carbocycles. The van der Waals surface area contributed by atoms with Crippen molar-refractivity contribution in [2.24, 2.45) is 0 Å². The number of nitrogens with one attached hydrogen (secondary N) is 1. The Hall–Kier alpha value is -2.34. The lowest BCUT2D eigenvalue weighted by molar-refractivity contribution is 0.0698. The van der Waals surface area contributed by atoms with Gasteiger partial charge in [-0.2, -0.15) is 0 Å². The minimum atomic E-state index is -1.42. The number of nitrogen functional groups attached to an aromatic ring is 1. The number of hydrogen-bond donors (Lipinski definition) is 3. The van der Waals surface area contributed by atoms with Crippen molar-refractivity contribution < 1.29 is 18.7 Å². The second-order valence-electron chi connectivity index (χ2n) is 3.94. The number of hydrogen-bond acceptors (Lipinski definition) is 3. The molecule has 0 heterocycles. The van der Waals surface area contributed by atoms with Crippen molar-refractivity contribution in [2.75, 3.05) is 11.1 Å². The van der Waals surface area contributed by atoms with E-state index in [1.807, 2.05) is 0 Å². The molecule has 4 nitrogen and oxygen atoms in total. The molecule has 0 aromatic heterocycles. The predicted molar refractivity (Wildman–Crippen MR) is 72.5 cm³/mol. The van der Waals surface area contributed by atoms with Crippen LogP contribution in [0.25, 0.3) is 0 Å². The summed E-state index contributed by atoms with van der Waals surface area (Å²) in [4.78, 5) is 11.1. The fourth-order valence-electron chi connectivity index (χ4n) is 1.66. The molecule has 0 radical (unpaired) electrons. The summed E-state index contributed by atoms with van der Waals surface area (Å²) in [5.74, 6) is -2.94. The number of halogens is 3. The van der Waals surface area contributed by atoms with E-state index >= 15 is 0 Å². The van der Waals surface area contributed by atoms with Crippen LogP contribution in [0.5, 0.6) is 0 Å². The highest BCUT2D eigenvalue weighted by atomic mass is 35.5. The van der Waals surface area contributed by atoms with E-state index in [-0.39, 0.29) is 16.4 Å². The Morgan fingerprint density at radius 3 is 2.40 bits per heavy atom. The molecule has 0 atom stereocenters. The van der Waals surface area contributed by atoms with Crippen LogP contribution < -0.4 is 11.1 Å². The number of carboxylic acids is 1. The Kier molecular flexibility index (Phi) is 3.76. The second kappa shape index (κ2) is 5.34. The van der Waals surface area contributed by atoms with E-state index in [4.69, 9.17) is 22.4 Å². The van der Waals surface area contributed by atoms with E-state index in [2.05, 4.69) is 5.32 Å². The maximum absolute atomic E-state index is 13.6. The minimum absolute atomic E-state index is 0.00269. The molecular formula is C13H9ClF2N2O2. The third kappa shape index (κ3) is 2.65. The van der Waals surface area contributed by atoms with Gasteiger partial charge in [0.25, 0.3) is 0 Å². The average molecular weight is 299 g/mol. The van der Waals surface area contributed by atoms with Gasteiger partial charge < -0.3 is 16.2 Å². The Morgan fingerprint density at radius 2 is 1.80 bits per heavy atom. The smallest absolute Gasteiger partial charge is 0.340 e. The van der Waals surface area contributed by atoms with Gasteiger partial charge in [-0.1, -0.05) is 11.6 Å². The van der Waals surface area contributed by atoms with Crippen molar-refractivity contribution in [3.63, 3.8) is 0 Å². The maximum atomic E-state index is 13.6. The predicted octanol–water partition coefficient (Wildman–Crippen LogP) is 3.64. The third-order valence-electron chi connectivity index (χ3n) is 2.61. The number of aromatic carboxylic acids is 1. The number of carboxylic acid groups (broad SMARTS) is 1. The fourth-order valence-corrected chi connectivity index (χ4v) is 1.82. The van der Waals surface area contributed by atoms with Crippen molar-refractivity contribution in [1.29, 1.82) is 0 Å². The van der Waals surface area contributed by atoms with E-state index in [1.54, 1.807) is 0 Å². The summed E-state index contributed by atoms with van der Waals surface area (Å²) in [6.07, 6.45) is 0. The highest BCUT2D eigenvalue weighted by Gasteiger charge is 2.18. The van der Waals surface area contributed by atoms with Crippen LogP contribution >= 0.6 is 11.6 Å². The molecule has 2 aromatic carbocycles. The van der Waals surface area contributed by atoms with Gasteiger partial charge in [-0.15, -0.1) is 0 Å². The zero-order valence-corrected chi connectivity index (χ0v) is 10.7. The van der Waals surface area contributed by atoms with Crippen LogP contribution in [0.4, 0.5) is 25.8 Å². The quantitative estimate of drug-likeness (QED) is 0.756. The van der Waals surface area contributed by atoms with E-state index in [1.165, 1.54) is 18.2 Å². The average Bonchev–Trinajstić information content (AvgIpc) is 2.36. The molecule has 0 unspecified atom stereocenters. The van der Waals surface area contributed by atoms with Gasteiger partial charge in [-0.3, -0.25) is 0 Å². The molecule has 2 aromatic rings. The summed E-state index contributed by atoms with van der Waals surface area (Å²) in [5.41, 5.74) is 4.40. The Labute approximate surface area is 117 Å². The van der Waals surface area contributed by atoms with Crippen LogP contribution in [-0.4, -0.2) is 11.1 Å². The topological polar surface area (TPSA) is 75.3 Å². The molecule has 2 rings (SSSR count). The van der Waals surface area contributed by atoms with Crippen LogP contribution in [0.3, 0.4) is 0 Å². The highest BCUT2D eigenvalue weighted by Crippen LogP contribution is 2.29. The van der Waals surface area contributed by atoms with Crippen LogP contribution in [0.2, 0.25) is 5.02 Å². The van der Waals surface area contributed by atoms with Crippen LogP contribution in [-0.2, 0) is 0 Å². The number of anilines is 3. The highest BCUT2D eigenvalue weighted by molar-refractivity contribution is 6.30. The van der Waals surface area contributed by atoms with Gasteiger partial charge in [-0.05, 0) is 30.3 Å². The van der Waals surface area contributed by atoms with Crippen molar-refractivity contribution in [3.05, 3.63) is 52.6 Å². The lowest BCUT2D eigenvalue weighted by Gasteiger charge is -2.12. The van der Waals surface area contributed by atoms with Gasteiger partial charge >= 0.3 is 5.97 Å².